The third-order valence-corrected chi connectivity index (χ3v) is 2.34. The molecule has 0 aliphatic carbocycles. The van der Waals surface area contributed by atoms with Gasteiger partial charge in [-0.05, 0) is 5.11 Å². The van der Waals surface area contributed by atoms with Crippen LogP contribution >= 0.6 is 0 Å². The SMILES string of the molecule is C/[N+]([O-])=N\CO[C@@H]1O[C@H](CO)[C@@H](O)[C@H](O)[C@H]1O.CC(=O)O. The maximum absolute atomic E-state index is 10.4. The Morgan fingerprint density at radius 1 is 1.33 bits per heavy atom. The van der Waals surface area contributed by atoms with Crippen molar-refractivity contribution >= 4 is 5.97 Å². The van der Waals surface area contributed by atoms with Gasteiger partial charge in [0.2, 0.25) is 6.73 Å². The maximum atomic E-state index is 10.4. The summed E-state index contributed by atoms with van der Waals surface area (Å²) in [6, 6.07) is 0. The Kier molecular flexibility index (Phi) is 8.92. The lowest BCUT2D eigenvalue weighted by molar-refractivity contribution is -0.505. The highest BCUT2D eigenvalue weighted by Gasteiger charge is 2.44. The molecule has 0 aromatic rings. The average Bonchev–Trinajstić information content (AvgIpc) is 2.38. The third-order valence-electron chi connectivity index (χ3n) is 2.34. The van der Waals surface area contributed by atoms with E-state index in [4.69, 9.17) is 24.5 Å². The summed E-state index contributed by atoms with van der Waals surface area (Å²) >= 11 is 0. The molecule has 5 N–H and O–H groups in total. The van der Waals surface area contributed by atoms with Crippen molar-refractivity contribution in [3.8, 4) is 0 Å². The van der Waals surface area contributed by atoms with E-state index in [2.05, 4.69) is 5.11 Å². The van der Waals surface area contributed by atoms with E-state index >= 15 is 0 Å². The summed E-state index contributed by atoms with van der Waals surface area (Å²) in [7, 11) is 1.15. The standard InChI is InChI=1S/C8H16N2O7.C2H4O2/c1-10(15)9-3-16-8-7(14)6(13)5(12)4(2-11)17-8;1-2(3)4/h4-8,11-14H,2-3H2,1H3;1H3,(H,3,4)/b10-9+;/t4-,5-,6+,7-,8-;/m1./s1. The molecule has 1 rings (SSSR count). The van der Waals surface area contributed by atoms with Crippen LogP contribution in [0.4, 0.5) is 0 Å². The van der Waals surface area contributed by atoms with Gasteiger partial charge in [0.1, 0.15) is 24.4 Å². The molecule has 5 atom stereocenters. The van der Waals surface area contributed by atoms with Gasteiger partial charge in [0.25, 0.3) is 5.97 Å². The van der Waals surface area contributed by atoms with E-state index in [0.29, 0.717) is 0 Å². The van der Waals surface area contributed by atoms with Crippen LogP contribution < -0.4 is 0 Å². The fourth-order valence-corrected chi connectivity index (χ4v) is 1.39. The lowest BCUT2D eigenvalue weighted by Gasteiger charge is -2.39. The van der Waals surface area contributed by atoms with Crippen molar-refractivity contribution in [3.63, 3.8) is 0 Å². The Balaban J connectivity index is 0.000000885. The minimum Gasteiger partial charge on any atom is -0.600 e. The van der Waals surface area contributed by atoms with Gasteiger partial charge < -0.3 is 40.2 Å². The molecule has 0 unspecified atom stereocenters. The molecule has 21 heavy (non-hydrogen) atoms. The Hall–Kier alpha value is -1.37. The predicted octanol–water partition coefficient (Wildman–Crippen LogP) is -2.56. The van der Waals surface area contributed by atoms with Crippen molar-refractivity contribution in [1.29, 1.82) is 0 Å². The second-order valence-corrected chi connectivity index (χ2v) is 4.12. The number of hydrogen-bond acceptors (Lipinski definition) is 9. The smallest absolute Gasteiger partial charge is 0.300 e. The van der Waals surface area contributed by atoms with Crippen LogP contribution in [0, 0.1) is 5.21 Å². The number of carbonyl (C=O) groups is 1. The lowest BCUT2D eigenvalue weighted by atomic mass is 9.99. The summed E-state index contributed by atoms with van der Waals surface area (Å²) in [6.45, 7) is 0.173. The Labute approximate surface area is 120 Å². The maximum Gasteiger partial charge on any atom is 0.300 e. The first-order chi connectivity index (χ1) is 9.70. The van der Waals surface area contributed by atoms with Crippen molar-refractivity contribution in [2.75, 3.05) is 20.4 Å². The highest BCUT2D eigenvalue weighted by atomic mass is 16.7. The fraction of sp³-hybridized carbons (Fsp3) is 0.900. The van der Waals surface area contributed by atoms with Gasteiger partial charge in [-0.2, -0.15) is 0 Å². The molecule has 0 saturated carbocycles. The number of aliphatic hydroxyl groups excluding tert-OH is 4. The number of aliphatic hydroxyl groups is 4. The molecule has 0 radical (unpaired) electrons. The van der Waals surface area contributed by atoms with Crippen molar-refractivity contribution in [2.24, 2.45) is 5.11 Å². The van der Waals surface area contributed by atoms with E-state index in [0.717, 1.165) is 14.0 Å². The van der Waals surface area contributed by atoms with Crippen molar-refractivity contribution in [3.05, 3.63) is 5.21 Å². The summed E-state index contributed by atoms with van der Waals surface area (Å²) in [5.41, 5.74) is 0. The number of hydroxylamine groups is 1. The molecule has 1 fully saturated rings. The molecule has 1 heterocycles. The molecule has 11 nitrogen and oxygen atoms in total. The molecular formula is C10H20N2O9. The van der Waals surface area contributed by atoms with Crippen LogP contribution in [-0.2, 0) is 14.3 Å². The summed E-state index contributed by atoms with van der Waals surface area (Å²) in [6.07, 6.45) is -6.73. The van der Waals surface area contributed by atoms with Crippen LogP contribution in [0.1, 0.15) is 6.92 Å². The first kappa shape index (κ1) is 19.6. The first-order valence-corrected chi connectivity index (χ1v) is 5.90. The number of azo groups is 1. The van der Waals surface area contributed by atoms with Gasteiger partial charge in [0, 0.05) is 6.92 Å². The van der Waals surface area contributed by atoms with Crippen molar-refractivity contribution in [2.45, 2.75) is 37.6 Å². The van der Waals surface area contributed by atoms with Gasteiger partial charge in [-0.3, -0.25) is 4.79 Å². The van der Waals surface area contributed by atoms with E-state index in [9.17, 15) is 20.5 Å². The number of carboxylic acids is 1. The topological polar surface area (TPSA) is 175 Å². The zero-order valence-electron chi connectivity index (χ0n) is 11.6. The first-order valence-electron chi connectivity index (χ1n) is 5.90. The molecule has 11 heteroatoms. The van der Waals surface area contributed by atoms with Crippen LogP contribution in [0.5, 0.6) is 0 Å². The molecule has 0 amide bonds. The summed E-state index contributed by atoms with van der Waals surface area (Å²) < 4.78 is 9.89. The molecular weight excluding hydrogens is 292 g/mol. The van der Waals surface area contributed by atoms with Crippen molar-refractivity contribution in [1.82, 2.24) is 0 Å². The highest BCUT2D eigenvalue weighted by molar-refractivity contribution is 5.62. The summed E-state index contributed by atoms with van der Waals surface area (Å²) in [4.78, 5) is 9.27. The molecule has 124 valence electrons. The number of rotatable bonds is 4. The van der Waals surface area contributed by atoms with Gasteiger partial charge in [-0.25, -0.2) is 0 Å². The number of nitrogens with zero attached hydrogens (tertiary/aromatic N) is 2. The van der Waals surface area contributed by atoms with E-state index < -0.39 is 43.3 Å². The van der Waals surface area contributed by atoms with Crippen LogP contribution in [0.25, 0.3) is 0 Å². The molecule has 0 spiro atoms. The Bertz CT molecular complexity index is 341. The number of carboxylic acid groups (broad SMARTS) is 1. The molecule has 1 saturated heterocycles. The second-order valence-electron chi connectivity index (χ2n) is 4.12. The fourth-order valence-electron chi connectivity index (χ4n) is 1.39. The predicted molar refractivity (Wildman–Crippen MR) is 65.0 cm³/mol. The van der Waals surface area contributed by atoms with Gasteiger partial charge in [0.05, 0.1) is 6.61 Å². The lowest BCUT2D eigenvalue weighted by Crippen LogP contribution is -2.59. The zero-order chi connectivity index (χ0) is 16.6. The van der Waals surface area contributed by atoms with Crippen LogP contribution in [0.3, 0.4) is 0 Å². The molecule has 0 aromatic carbocycles. The molecule has 0 aromatic heterocycles. The van der Waals surface area contributed by atoms with Crippen LogP contribution in [-0.4, -0.2) is 87.5 Å². The van der Waals surface area contributed by atoms with Gasteiger partial charge >= 0.3 is 0 Å². The average molecular weight is 312 g/mol. The van der Waals surface area contributed by atoms with Gasteiger partial charge in [-0.15, -0.1) is 0 Å². The largest absolute Gasteiger partial charge is 0.600 e. The minimum atomic E-state index is -1.50. The monoisotopic (exact) mass is 312 g/mol. The molecule has 1 aliphatic heterocycles. The number of ether oxygens (including phenoxy) is 2. The van der Waals surface area contributed by atoms with Gasteiger partial charge in [-0.1, -0.05) is 4.86 Å². The highest BCUT2D eigenvalue weighted by Crippen LogP contribution is 2.21. The zero-order valence-corrected chi connectivity index (χ0v) is 11.6. The molecule has 1 aliphatic rings. The van der Waals surface area contributed by atoms with E-state index in [1.807, 2.05) is 0 Å². The quantitative estimate of drug-likeness (QED) is 0.212. The van der Waals surface area contributed by atoms with Crippen LogP contribution in [0.2, 0.25) is 0 Å². The molecule has 0 bridgehead atoms. The number of hydrogen-bond donors (Lipinski definition) is 5. The summed E-state index contributed by atoms with van der Waals surface area (Å²) in [5, 5.41) is 58.4. The van der Waals surface area contributed by atoms with Crippen LogP contribution in [0.15, 0.2) is 5.11 Å². The Morgan fingerprint density at radius 2 is 1.86 bits per heavy atom. The van der Waals surface area contributed by atoms with E-state index in [1.54, 1.807) is 0 Å². The van der Waals surface area contributed by atoms with E-state index in [1.165, 1.54) is 0 Å². The second kappa shape index (κ2) is 9.55. The minimum absolute atomic E-state index is 0.268. The van der Waals surface area contributed by atoms with Gasteiger partial charge in [0.15, 0.2) is 13.3 Å². The normalized spacial score (nSPS) is 33.0. The number of aliphatic carboxylic acids is 1. The van der Waals surface area contributed by atoms with Crippen molar-refractivity contribution < 1.29 is 44.7 Å². The Morgan fingerprint density at radius 3 is 2.29 bits per heavy atom. The third kappa shape index (κ3) is 7.27. The summed E-state index contributed by atoms with van der Waals surface area (Å²) in [5.74, 6) is -0.833. The van der Waals surface area contributed by atoms with E-state index in [-0.39, 0.29) is 11.6 Å².